The highest BCUT2D eigenvalue weighted by atomic mass is 16.5. The molecule has 2 aliphatic rings. The van der Waals surface area contributed by atoms with Crippen LogP contribution in [-0.4, -0.2) is 26.1 Å². The van der Waals surface area contributed by atoms with Gasteiger partial charge in [-0.15, -0.1) is 0 Å². The van der Waals surface area contributed by atoms with Crippen LogP contribution in [0.5, 0.6) is 0 Å². The van der Waals surface area contributed by atoms with E-state index in [0.29, 0.717) is 19.0 Å². The van der Waals surface area contributed by atoms with Crippen molar-refractivity contribution >= 4 is 5.78 Å². The minimum Gasteiger partial charge on any atom is -0.493 e. The van der Waals surface area contributed by atoms with Gasteiger partial charge in [-0.3, -0.25) is 4.79 Å². The predicted molar refractivity (Wildman–Crippen MR) is 37.9 cm³/mol. The van der Waals surface area contributed by atoms with Crippen molar-refractivity contribution in [2.45, 2.75) is 0 Å². The van der Waals surface area contributed by atoms with Crippen LogP contribution in [0.4, 0.5) is 0 Å². The molecule has 3 heteroatoms. The molecule has 2 unspecified atom stereocenters. The average Bonchev–Trinajstić information content (AvgIpc) is 2.53. The molecule has 0 aromatic carbocycles. The van der Waals surface area contributed by atoms with Crippen LogP contribution >= 0.6 is 0 Å². The lowest BCUT2D eigenvalue weighted by Gasteiger charge is -2.02. The number of ether oxygens (including phenoxy) is 2. The van der Waals surface area contributed by atoms with Crippen LogP contribution in [0.3, 0.4) is 0 Å². The minimum absolute atomic E-state index is 0.0462. The van der Waals surface area contributed by atoms with E-state index in [2.05, 4.69) is 0 Å². The third-order valence-electron chi connectivity index (χ3n) is 2.29. The lowest BCUT2D eigenvalue weighted by Crippen LogP contribution is -2.15. The second-order valence-electron chi connectivity index (χ2n) is 2.91. The Bertz CT molecular complexity index is 219. The first kappa shape index (κ1) is 6.85. The minimum atomic E-state index is 0.0462. The summed E-state index contributed by atoms with van der Waals surface area (Å²) in [6.07, 6.45) is 1.88. The second-order valence-corrected chi connectivity index (χ2v) is 2.91. The Morgan fingerprint density at radius 3 is 3.09 bits per heavy atom. The van der Waals surface area contributed by atoms with Crippen molar-refractivity contribution in [3.8, 4) is 0 Å². The largest absolute Gasteiger partial charge is 0.493 e. The normalized spacial score (nSPS) is 35.4. The molecule has 0 N–H and O–H groups in total. The standard InChI is InChI=1S/C8H10O3/c1-10-7-2-5-3-11-4-6(5)8(7)9/h2,5-6H,3-4H2,1H3. The maximum absolute atomic E-state index is 11.3. The summed E-state index contributed by atoms with van der Waals surface area (Å²) >= 11 is 0. The van der Waals surface area contributed by atoms with Crippen molar-refractivity contribution in [1.82, 2.24) is 0 Å². The van der Waals surface area contributed by atoms with Crippen LogP contribution in [0.25, 0.3) is 0 Å². The molecule has 60 valence electrons. The highest BCUT2D eigenvalue weighted by molar-refractivity contribution is 5.98. The van der Waals surface area contributed by atoms with E-state index in [-0.39, 0.29) is 17.6 Å². The molecule has 1 heterocycles. The van der Waals surface area contributed by atoms with Crippen molar-refractivity contribution in [2.75, 3.05) is 20.3 Å². The summed E-state index contributed by atoms with van der Waals surface area (Å²) < 4.78 is 10.1. The van der Waals surface area contributed by atoms with Crippen LogP contribution in [0.15, 0.2) is 11.8 Å². The number of hydrogen-bond donors (Lipinski definition) is 0. The molecule has 3 nitrogen and oxygen atoms in total. The molecule has 2 atom stereocenters. The number of allylic oxidation sites excluding steroid dienone is 1. The van der Waals surface area contributed by atoms with Gasteiger partial charge in [-0.25, -0.2) is 0 Å². The van der Waals surface area contributed by atoms with Crippen molar-refractivity contribution in [2.24, 2.45) is 11.8 Å². The zero-order valence-electron chi connectivity index (χ0n) is 6.37. The SMILES string of the molecule is COC1=CC2COCC2C1=O. The molecule has 0 radical (unpaired) electrons. The molecule has 1 aliphatic carbocycles. The smallest absolute Gasteiger partial charge is 0.203 e. The first-order valence-corrected chi connectivity index (χ1v) is 3.70. The Morgan fingerprint density at radius 2 is 2.45 bits per heavy atom. The van der Waals surface area contributed by atoms with Crippen molar-refractivity contribution < 1.29 is 14.3 Å². The number of Topliss-reactive ketones (excluding diaryl/α,β-unsaturated/α-hetero) is 1. The maximum atomic E-state index is 11.3. The van der Waals surface area contributed by atoms with E-state index in [1.54, 1.807) is 0 Å². The fraction of sp³-hybridized carbons (Fsp3) is 0.625. The lowest BCUT2D eigenvalue weighted by molar-refractivity contribution is -0.121. The Morgan fingerprint density at radius 1 is 1.64 bits per heavy atom. The fourth-order valence-corrected chi connectivity index (χ4v) is 1.63. The van der Waals surface area contributed by atoms with Gasteiger partial charge < -0.3 is 9.47 Å². The van der Waals surface area contributed by atoms with Crippen LogP contribution in [0.1, 0.15) is 0 Å². The third-order valence-corrected chi connectivity index (χ3v) is 2.29. The van der Waals surface area contributed by atoms with Crippen molar-refractivity contribution in [3.63, 3.8) is 0 Å². The monoisotopic (exact) mass is 154 g/mol. The molecule has 11 heavy (non-hydrogen) atoms. The van der Waals surface area contributed by atoms with Gasteiger partial charge in [-0.1, -0.05) is 0 Å². The summed E-state index contributed by atoms with van der Waals surface area (Å²) in [5.74, 6) is 0.945. The Kier molecular flexibility index (Phi) is 1.46. The molecule has 1 fully saturated rings. The van der Waals surface area contributed by atoms with Gasteiger partial charge >= 0.3 is 0 Å². The molecule has 0 spiro atoms. The van der Waals surface area contributed by atoms with Crippen LogP contribution < -0.4 is 0 Å². The van der Waals surface area contributed by atoms with Gasteiger partial charge in [-0.05, 0) is 6.08 Å². The highest BCUT2D eigenvalue weighted by Gasteiger charge is 2.40. The number of ketones is 1. The van der Waals surface area contributed by atoms with Crippen LogP contribution in [0.2, 0.25) is 0 Å². The number of carbonyl (C=O) groups excluding carboxylic acids is 1. The predicted octanol–water partition coefficient (Wildman–Crippen LogP) is 0.362. The van der Waals surface area contributed by atoms with Gasteiger partial charge in [0.25, 0.3) is 0 Å². The van der Waals surface area contributed by atoms with Gasteiger partial charge in [0.15, 0.2) is 5.76 Å². The van der Waals surface area contributed by atoms with E-state index in [1.807, 2.05) is 6.08 Å². The molecule has 2 rings (SSSR count). The summed E-state index contributed by atoms with van der Waals surface area (Å²) in [6, 6.07) is 0. The quantitative estimate of drug-likeness (QED) is 0.547. The van der Waals surface area contributed by atoms with E-state index in [9.17, 15) is 4.79 Å². The van der Waals surface area contributed by atoms with E-state index in [1.165, 1.54) is 7.11 Å². The van der Waals surface area contributed by atoms with Gasteiger partial charge in [-0.2, -0.15) is 0 Å². The van der Waals surface area contributed by atoms with E-state index in [4.69, 9.17) is 9.47 Å². The van der Waals surface area contributed by atoms with Crippen LogP contribution in [0, 0.1) is 11.8 Å². The zero-order chi connectivity index (χ0) is 7.84. The molecular formula is C8H10O3. The first-order valence-electron chi connectivity index (χ1n) is 3.70. The summed E-state index contributed by atoms with van der Waals surface area (Å²) in [5, 5.41) is 0. The Balaban J connectivity index is 2.22. The van der Waals surface area contributed by atoms with Gasteiger partial charge in [0.1, 0.15) is 0 Å². The average molecular weight is 154 g/mol. The molecule has 1 aliphatic heterocycles. The van der Waals surface area contributed by atoms with Crippen molar-refractivity contribution in [3.05, 3.63) is 11.8 Å². The summed E-state index contributed by atoms with van der Waals surface area (Å²) in [6.45, 7) is 1.23. The van der Waals surface area contributed by atoms with E-state index < -0.39 is 0 Å². The fourth-order valence-electron chi connectivity index (χ4n) is 1.63. The molecule has 1 saturated heterocycles. The first-order chi connectivity index (χ1) is 5.33. The lowest BCUT2D eigenvalue weighted by atomic mass is 9.99. The molecule has 0 aromatic rings. The van der Waals surface area contributed by atoms with Gasteiger partial charge in [0.2, 0.25) is 5.78 Å². The molecule has 0 aromatic heterocycles. The molecule has 0 saturated carbocycles. The highest BCUT2D eigenvalue weighted by Crippen LogP contribution is 2.32. The second kappa shape index (κ2) is 2.34. The van der Waals surface area contributed by atoms with Gasteiger partial charge in [0.05, 0.1) is 26.2 Å². The molecular weight excluding hydrogens is 144 g/mol. The number of hydrogen-bond acceptors (Lipinski definition) is 3. The molecule has 0 amide bonds. The van der Waals surface area contributed by atoms with E-state index >= 15 is 0 Å². The zero-order valence-corrected chi connectivity index (χ0v) is 6.37. The number of methoxy groups -OCH3 is 1. The summed E-state index contributed by atoms with van der Waals surface area (Å²) in [5.41, 5.74) is 0. The number of carbonyl (C=O) groups is 1. The van der Waals surface area contributed by atoms with Crippen molar-refractivity contribution in [1.29, 1.82) is 0 Å². The van der Waals surface area contributed by atoms with Gasteiger partial charge in [0, 0.05) is 5.92 Å². The number of rotatable bonds is 1. The number of fused-ring (bicyclic) bond motifs is 1. The summed E-state index contributed by atoms with van der Waals surface area (Å²) in [4.78, 5) is 11.3. The molecule has 0 bridgehead atoms. The maximum Gasteiger partial charge on any atom is 0.203 e. The third kappa shape index (κ3) is 0.878. The topological polar surface area (TPSA) is 35.5 Å². The van der Waals surface area contributed by atoms with Crippen LogP contribution in [-0.2, 0) is 14.3 Å². The Labute approximate surface area is 65.0 Å². The summed E-state index contributed by atoms with van der Waals surface area (Å²) in [7, 11) is 1.53. The Hall–Kier alpha value is -0.830. The van der Waals surface area contributed by atoms with E-state index in [0.717, 1.165) is 0 Å².